The van der Waals surface area contributed by atoms with E-state index in [4.69, 9.17) is 22.4 Å². The van der Waals surface area contributed by atoms with Crippen molar-refractivity contribution in [2.75, 3.05) is 0 Å². The topological polar surface area (TPSA) is 130 Å². The molecule has 1 atom stereocenters. The van der Waals surface area contributed by atoms with Crippen LogP contribution in [0.3, 0.4) is 0 Å². The summed E-state index contributed by atoms with van der Waals surface area (Å²) in [5, 5.41) is 20.2. The van der Waals surface area contributed by atoms with Gasteiger partial charge in [-0.15, -0.1) is 0 Å². The van der Waals surface area contributed by atoms with Gasteiger partial charge in [0.25, 0.3) is 5.91 Å². The third-order valence-corrected chi connectivity index (χ3v) is 2.53. The van der Waals surface area contributed by atoms with Crippen molar-refractivity contribution in [2.45, 2.75) is 12.5 Å². The minimum absolute atomic E-state index is 0.0403. The number of phenols is 1. The van der Waals surface area contributed by atoms with E-state index >= 15 is 0 Å². The minimum atomic E-state index is -1.46. The van der Waals surface area contributed by atoms with Gasteiger partial charge in [0.2, 0.25) is 5.91 Å². The molecule has 0 fully saturated rings. The number of benzene rings is 1. The number of primary amides is 1. The molecule has 0 aromatic heterocycles. The Morgan fingerprint density at radius 1 is 1.37 bits per heavy atom. The van der Waals surface area contributed by atoms with Gasteiger partial charge >= 0.3 is 5.97 Å². The van der Waals surface area contributed by atoms with Crippen molar-refractivity contribution < 1.29 is 24.6 Å². The molecule has 2 amide bonds. The van der Waals surface area contributed by atoms with Crippen LogP contribution in [-0.4, -0.2) is 34.0 Å². The summed E-state index contributed by atoms with van der Waals surface area (Å²) in [4.78, 5) is 33.3. The fraction of sp³-hybridized carbons (Fsp3) is 0.182. The number of aliphatic carboxylic acids is 1. The first-order valence-corrected chi connectivity index (χ1v) is 5.49. The summed E-state index contributed by atoms with van der Waals surface area (Å²) >= 11 is 5.75. The van der Waals surface area contributed by atoms with Gasteiger partial charge in [0, 0.05) is 0 Å². The summed E-state index contributed by atoms with van der Waals surface area (Å²) in [7, 11) is 0. The zero-order valence-electron chi connectivity index (χ0n) is 9.59. The number of amides is 2. The average molecular weight is 287 g/mol. The maximum absolute atomic E-state index is 11.8. The van der Waals surface area contributed by atoms with Crippen molar-refractivity contribution in [3.8, 4) is 5.75 Å². The molecule has 8 heteroatoms. The van der Waals surface area contributed by atoms with Gasteiger partial charge in [-0.2, -0.15) is 0 Å². The quantitative estimate of drug-likeness (QED) is 0.610. The van der Waals surface area contributed by atoms with E-state index in [1.165, 1.54) is 12.1 Å². The molecule has 0 saturated carbocycles. The molecular formula is C11H11ClN2O5. The molecule has 0 radical (unpaired) electrons. The molecule has 0 heterocycles. The van der Waals surface area contributed by atoms with Crippen LogP contribution in [0.2, 0.25) is 5.02 Å². The normalized spacial score (nSPS) is 11.6. The van der Waals surface area contributed by atoms with Crippen LogP contribution < -0.4 is 11.1 Å². The Labute approximate surface area is 113 Å². The fourth-order valence-corrected chi connectivity index (χ4v) is 1.53. The van der Waals surface area contributed by atoms with Gasteiger partial charge in [0.05, 0.1) is 17.0 Å². The standard InChI is InChI=1S/C11H11ClN2O5/c12-7-2-1-5(15)3-6(7)10(17)14-8(11(18)19)4-9(13)16/h1-3,8,15H,4H2,(H2,13,16)(H,14,17)(H,18,19). The smallest absolute Gasteiger partial charge is 0.326 e. The lowest BCUT2D eigenvalue weighted by Crippen LogP contribution is -2.43. The van der Waals surface area contributed by atoms with E-state index in [-0.39, 0.29) is 16.3 Å². The Bertz CT molecular complexity index is 532. The summed E-state index contributed by atoms with van der Waals surface area (Å²) in [6.45, 7) is 0. The van der Waals surface area contributed by atoms with Gasteiger partial charge in [-0.3, -0.25) is 9.59 Å². The van der Waals surface area contributed by atoms with Gasteiger partial charge in [0.1, 0.15) is 11.8 Å². The Morgan fingerprint density at radius 3 is 2.53 bits per heavy atom. The molecule has 0 aliphatic rings. The Hall–Kier alpha value is -2.28. The van der Waals surface area contributed by atoms with Crippen molar-refractivity contribution >= 4 is 29.4 Å². The molecule has 0 aliphatic heterocycles. The molecule has 102 valence electrons. The van der Waals surface area contributed by atoms with Gasteiger partial charge in [0.15, 0.2) is 0 Å². The number of carbonyl (C=O) groups is 3. The highest BCUT2D eigenvalue weighted by molar-refractivity contribution is 6.34. The van der Waals surface area contributed by atoms with Crippen molar-refractivity contribution in [3.05, 3.63) is 28.8 Å². The van der Waals surface area contributed by atoms with Crippen LogP contribution in [0.4, 0.5) is 0 Å². The SMILES string of the molecule is NC(=O)CC(NC(=O)c1cc(O)ccc1Cl)C(=O)O. The van der Waals surface area contributed by atoms with Gasteiger partial charge in [-0.25, -0.2) is 4.79 Å². The van der Waals surface area contributed by atoms with Gasteiger partial charge in [-0.05, 0) is 18.2 Å². The van der Waals surface area contributed by atoms with E-state index in [1.807, 2.05) is 0 Å². The summed E-state index contributed by atoms with van der Waals surface area (Å²) in [6.07, 6.45) is -0.544. The first-order valence-electron chi connectivity index (χ1n) is 5.11. The van der Waals surface area contributed by atoms with E-state index in [0.717, 1.165) is 6.07 Å². The zero-order valence-corrected chi connectivity index (χ0v) is 10.3. The molecule has 1 unspecified atom stereocenters. The lowest BCUT2D eigenvalue weighted by atomic mass is 10.1. The van der Waals surface area contributed by atoms with Crippen molar-refractivity contribution in [2.24, 2.45) is 5.73 Å². The molecule has 0 aliphatic carbocycles. The second kappa shape index (κ2) is 6.05. The lowest BCUT2D eigenvalue weighted by Gasteiger charge is -2.13. The highest BCUT2D eigenvalue weighted by Crippen LogP contribution is 2.21. The van der Waals surface area contributed by atoms with E-state index in [0.29, 0.717) is 0 Å². The maximum Gasteiger partial charge on any atom is 0.326 e. The summed E-state index contributed by atoms with van der Waals surface area (Å²) in [5.41, 5.74) is 4.78. The number of carboxylic acid groups (broad SMARTS) is 1. The van der Waals surface area contributed by atoms with E-state index in [1.54, 1.807) is 0 Å². The van der Waals surface area contributed by atoms with Crippen LogP contribution in [0.1, 0.15) is 16.8 Å². The number of hydrogen-bond donors (Lipinski definition) is 4. The summed E-state index contributed by atoms with van der Waals surface area (Å²) < 4.78 is 0. The van der Waals surface area contributed by atoms with Crippen molar-refractivity contribution in [3.63, 3.8) is 0 Å². The largest absolute Gasteiger partial charge is 0.508 e. The molecule has 0 spiro atoms. The molecule has 5 N–H and O–H groups in total. The van der Waals surface area contributed by atoms with Gasteiger partial charge < -0.3 is 21.3 Å². The highest BCUT2D eigenvalue weighted by Gasteiger charge is 2.23. The molecule has 1 rings (SSSR count). The first-order chi connectivity index (χ1) is 8.81. The first kappa shape index (κ1) is 14.8. The lowest BCUT2D eigenvalue weighted by molar-refractivity contribution is -0.140. The Kier molecular flexibility index (Phi) is 4.71. The molecular weight excluding hydrogens is 276 g/mol. The van der Waals surface area contributed by atoms with Crippen LogP contribution in [0.25, 0.3) is 0 Å². The van der Waals surface area contributed by atoms with Crippen molar-refractivity contribution in [1.82, 2.24) is 5.32 Å². The Balaban J connectivity index is 2.90. The van der Waals surface area contributed by atoms with Crippen molar-refractivity contribution in [1.29, 1.82) is 0 Å². The molecule has 1 aromatic rings. The predicted molar refractivity (Wildman–Crippen MR) is 65.8 cm³/mol. The number of carboxylic acids is 1. The zero-order chi connectivity index (χ0) is 14.6. The van der Waals surface area contributed by atoms with E-state index < -0.39 is 30.2 Å². The highest BCUT2D eigenvalue weighted by atomic mass is 35.5. The molecule has 1 aromatic carbocycles. The third kappa shape index (κ3) is 4.14. The van der Waals surface area contributed by atoms with Crippen LogP contribution in [0.15, 0.2) is 18.2 Å². The molecule has 19 heavy (non-hydrogen) atoms. The maximum atomic E-state index is 11.8. The third-order valence-electron chi connectivity index (χ3n) is 2.20. The van der Waals surface area contributed by atoms with E-state index in [2.05, 4.69) is 5.32 Å². The fourth-order valence-electron chi connectivity index (χ4n) is 1.32. The summed E-state index contributed by atoms with van der Waals surface area (Å²) in [6, 6.07) is 2.19. The second-order valence-electron chi connectivity index (χ2n) is 3.70. The number of carbonyl (C=O) groups excluding carboxylic acids is 2. The van der Waals surface area contributed by atoms with Crippen LogP contribution in [0.5, 0.6) is 5.75 Å². The summed E-state index contributed by atoms with van der Waals surface area (Å²) in [5.74, 6) is -3.29. The number of hydrogen-bond acceptors (Lipinski definition) is 4. The minimum Gasteiger partial charge on any atom is -0.508 e. The average Bonchev–Trinajstić information content (AvgIpc) is 2.30. The number of phenolic OH excluding ortho intramolecular Hbond substituents is 1. The van der Waals surface area contributed by atoms with Gasteiger partial charge in [-0.1, -0.05) is 11.6 Å². The molecule has 0 saturated heterocycles. The number of halogens is 1. The molecule has 7 nitrogen and oxygen atoms in total. The molecule has 0 bridgehead atoms. The monoisotopic (exact) mass is 286 g/mol. The number of nitrogens with one attached hydrogen (secondary N) is 1. The van der Waals surface area contributed by atoms with Crippen LogP contribution >= 0.6 is 11.6 Å². The second-order valence-corrected chi connectivity index (χ2v) is 4.11. The number of aromatic hydroxyl groups is 1. The predicted octanol–water partition coefficient (Wildman–Crippen LogP) is 0.104. The van der Waals surface area contributed by atoms with E-state index in [9.17, 15) is 19.5 Å². The Morgan fingerprint density at radius 2 is 2.00 bits per heavy atom. The number of rotatable bonds is 5. The number of nitrogens with two attached hydrogens (primary N) is 1. The van der Waals surface area contributed by atoms with Crippen LogP contribution in [-0.2, 0) is 9.59 Å². The van der Waals surface area contributed by atoms with Crippen LogP contribution in [0, 0.1) is 0 Å².